The molecule has 1 aliphatic heterocycles. The SMILES string of the molecule is C=C(CC[C@H]1C=C[C@H](O)CC(=C)[C@H](C)[C@@H](O)C[C@H](O)CC[C@H](O)CC=C[C@@H](C)[C@@H](C)C(=O)O1)[C@@H](C)[C@H](C)O. The number of allylic oxidation sites excluding steroid dienone is 1. The van der Waals surface area contributed by atoms with Crippen LogP contribution in [0.15, 0.2) is 48.6 Å². The molecule has 38 heavy (non-hydrogen) atoms. The molecule has 0 aromatic heterocycles. The minimum absolute atomic E-state index is 0.0954. The van der Waals surface area contributed by atoms with E-state index in [1.165, 1.54) is 0 Å². The van der Waals surface area contributed by atoms with Crippen LogP contribution in [0.25, 0.3) is 0 Å². The highest BCUT2D eigenvalue weighted by Gasteiger charge is 2.25. The molecule has 0 fully saturated rings. The highest BCUT2D eigenvalue weighted by atomic mass is 16.5. The second-order valence-electron chi connectivity index (χ2n) is 11.3. The Morgan fingerprint density at radius 3 is 2.29 bits per heavy atom. The van der Waals surface area contributed by atoms with Crippen LogP contribution in [0.2, 0.25) is 0 Å². The molecule has 7 nitrogen and oxygen atoms in total. The maximum absolute atomic E-state index is 13.0. The third kappa shape index (κ3) is 12.4. The minimum Gasteiger partial charge on any atom is -0.458 e. The van der Waals surface area contributed by atoms with Crippen LogP contribution in [0.3, 0.4) is 0 Å². The first-order valence-corrected chi connectivity index (χ1v) is 14.0. The molecule has 0 amide bonds. The summed E-state index contributed by atoms with van der Waals surface area (Å²) in [6, 6.07) is 0. The van der Waals surface area contributed by atoms with E-state index in [-0.39, 0.29) is 36.6 Å². The summed E-state index contributed by atoms with van der Waals surface area (Å²) in [5.41, 5.74) is 1.51. The molecule has 0 radical (unpaired) electrons. The van der Waals surface area contributed by atoms with Gasteiger partial charge in [0.05, 0.1) is 36.4 Å². The van der Waals surface area contributed by atoms with Gasteiger partial charge < -0.3 is 30.3 Å². The van der Waals surface area contributed by atoms with Crippen molar-refractivity contribution in [3.8, 4) is 0 Å². The number of esters is 1. The van der Waals surface area contributed by atoms with Gasteiger partial charge in [-0.15, -0.1) is 0 Å². The van der Waals surface area contributed by atoms with Crippen molar-refractivity contribution in [2.75, 3.05) is 0 Å². The van der Waals surface area contributed by atoms with E-state index in [2.05, 4.69) is 13.2 Å². The van der Waals surface area contributed by atoms with E-state index < -0.39 is 42.5 Å². The lowest BCUT2D eigenvalue weighted by Gasteiger charge is -2.25. The van der Waals surface area contributed by atoms with Gasteiger partial charge in [0.1, 0.15) is 6.10 Å². The molecule has 0 bridgehead atoms. The first-order valence-electron chi connectivity index (χ1n) is 14.0. The van der Waals surface area contributed by atoms with Gasteiger partial charge in [0.15, 0.2) is 0 Å². The summed E-state index contributed by atoms with van der Waals surface area (Å²) >= 11 is 0. The summed E-state index contributed by atoms with van der Waals surface area (Å²) in [5, 5.41) is 51.8. The van der Waals surface area contributed by atoms with E-state index in [0.29, 0.717) is 37.7 Å². The number of aliphatic hydroxyl groups excluding tert-OH is 5. The number of aliphatic hydroxyl groups is 5. The summed E-state index contributed by atoms with van der Waals surface area (Å²) in [6.45, 7) is 17.3. The Bertz CT molecular complexity index is 802. The Morgan fingerprint density at radius 1 is 1.03 bits per heavy atom. The molecule has 0 aromatic carbocycles. The van der Waals surface area contributed by atoms with Crippen molar-refractivity contribution >= 4 is 5.97 Å². The molecular formula is C31H52O7. The number of carbonyl (C=O) groups excluding carboxylic acids is 1. The molecular weight excluding hydrogens is 484 g/mol. The van der Waals surface area contributed by atoms with E-state index in [1.807, 2.05) is 32.9 Å². The summed E-state index contributed by atoms with van der Waals surface area (Å²) in [5.74, 6) is -1.33. The van der Waals surface area contributed by atoms with Crippen LogP contribution in [0.5, 0.6) is 0 Å². The van der Waals surface area contributed by atoms with Crippen molar-refractivity contribution in [1.29, 1.82) is 0 Å². The van der Waals surface area contributed by atoms with E-state index >= 15 is 0 Å². The van der Waals surface area contributed by atoms with Gasteiger partial charge in [0, 0.05) is 11.8 Å². The van der Waals surface area contributed by atoms with Crippen LogP contribution in [0, 0.1) is 23.7 Å². The molecule has 1 aliphatic rings. The predicted molar refractivity (Wildman–Crippen MR) is 151 cm³/mol. The molecule has 0 saturated carbocycles. The third-order valence-electron chi connectivity index (χ3n) is 7.98. The Labute approximate surface area is 229 Å². The fraction of sp³-hybridized carbons (Fsp3) is 0.710. The van der Waals surface area contributed by atoms with Gasteiger partial charge in [0.25, 0.3) is 0 Å². The van der Waals surface area contributed by atoms with Crippen molar-refractivity contribution in [2.24, 2.45) is 23.7 Å². The summed E-state index contributed by atoms with van der Waals surface area (Å²) < 4.78 is 5.84. The van der Waals surface area contributed by atoms with E-state index in [1.54, 1.807) is 26.0 Å². The minimum atomic E-state index is -0.886. The zero-order valence-corrected chi connectivity index (χ0v) is 24.0. The van der Waals surface area contributed by atoms with Crippen molar-refractivity contribution in [1.82, 2.24) is 0 Å². The van der Waals surface area contributed by atoms with Gasteiger partial charge in [-0.05, 0) is 63.9 Å². The summed E-state index contributed by atoms with van der Waals surface area (Å²) in [6.07, 6.45) is 5.33. The lowest BCUT2D eigenvalue weighted by atomic mass is 9.88. The molecule has 0 aliphatic carbocycles. The Balaban J connectivity index is 3.11. The zero-order valence-electron chi connectivity index (χ0n) is 24.0. The maximum Gasteiger partial charge on any atom is 0.309 e. The van der Waals surface area contributed by atoms with Gasteiger partial charge >= 0.3 is 5.97 Å². The third-order valence-corrected chi connectivity index (χ3v) is 7.98. The molecule has 0 unspecified atom stereocenters. The second-order valence-corrected chi connectivity index (χ2v) is 11.3. The van der Waals surface area contributed by atoms with E-state index in [9.17, 15) is 30.3 Å². The fourth-order valence-electron chi connectivity index (χ4n) is 4.33. The molecule has 218 valence electrons. The van der Waals surface area contributed by atoms with Crippen LogP contribution >= 0.6 is 0 Å². The van der Waals surface area contributed by atoms with Crippen LogP contribution in [0.1, 0.15) is 79.6 Å². The normalized spacial score (nSPS) is 34.8. The van der Waals surface area contributed by atoms with Crippen molar-refractivity contribution in [3.63, 3.8) is 0 Å². The smallest absolute Gasteiger partial charge is 0.309 e. The number of ether oxygens (including phenoxy) is 1. The lowest BCUT2D eigenvalue weighted by molar-refractivity contribution is -0.152. The Morgan fingerprint density at radius 2 is 1.66 bits per heavy atom. The van der Waals surface area contributed by atoms with Crippen molar-refractivity contribution in [3.05, 3.63) is 48.6 Å². The molecule has 5 N–H and O–H groups in total. The average molecular weight is 537 g/mol. The Hall–Kier alpha value is -1.77. The molecule has 1 rings (SSSR count). The van der Waals surface area contributed by atoms with Crippen molar-refractivity contribution < 1.29 is 35.1 Å². The predicted octanol–water partition coefficient (Wildman–Crippen LogP) is 4.24. The number of hydrogen-bond acceptors (Lipinski definition) is 7. The summed E-state index contributed by atoms with van der Waals surface area (Å²) in [7, 11) is 0. The highest BCUT2D eigenvalue weighted by Crippen LogP contribution is 2.25. The van der Waals surface area contributed by atoms with Gasteiger partial charge in [-0.25, -0.2) is 0 Å². The van der Waals surface area contributed by atoms with E-state index in [4.69, 9.17) is 4.74 Å². The molecule has 7 heteroatoms. The van der Waals surface area contributed by atoms with Gasteiger partial charge in [-0.3, -0.25) is 4.79 Å². The maximum atomic E-state index is 13.0. The monoisotopic (exact) mass is 536 g/mol. The van der Waals surface area contributed by atoms with Crippen LogP contribution in [-0.4, -0.2) is 68.1 Å². The Kier molecular flexibility index (Phi) is 15.4. The lowest BCUT2D eigenvalue weighted by Crippen LogP contribution is -2.27. The van der Waals surface area contributed by atoms with Gasteiger partial charge in [-0.1, -0.05) is 70.2 Å². The molecule has 1 heterocycles. The van der Waals surface area contributed by atoms with Gasteiger partial charge in [0.2, 0.25) is 0 Å². The van der Waals surface area contributed by atoms with Crippen molar-refractivity contribution in [2.45, 2.75) is 116 Å². The quantitative estimate of drug-likeness (QED) is 0.263. The van der Waals surface area contributed by atoms with E-state index in [0.717, 1.165) is 5.57 Å². The van der Waals surface area contributed by atoms with Crippen LogP contribution < -0.4 is 0 Å². The van der Waals surface area contributed by atoms with Crippen LogP contribution in [0.4, 0.5) is 0 Å². The standard InChI is InChI=1S/C31H52O7/c1-19-9-8-10-26(33)12-13-28(35)18-30(36)23(5)21(3)17-27(34)14-16-29(38-31(37)24(19)6)15-11-20(2)22(4)25(7)32/h8-9,14,16,19,22-30,32-36H,2-3,10-13,15,17-18H2,1,4-7H3/t19-,22-,23+,24-,25+,26-,27+,28-,29+,30+/m1/s1. The molecule has 0 saturated heterocycles. The summed E-state index contributed by atoms with van der Waals surface area (Å²) in [4.78, 5) is 13.0. The topological polar surface area (TPSA) is 127 Å². The number of cyclic esters (lactones) is 1. The molecule has 0 aromatic rings. The first-order chi connectivity index (χ1) is 17.7. The molecule has 0 spiro atoms. The second kappa shape index (κ2) is 17.0. The number of hydrogen-bond donors (Lipinski definition) is 5. The number of rotatable bonds is 5. The van der Waals surface area contributed by atoms with Gasteiger partial charge in [-0.2, -0.15) is 0 Å². The number of carbonyl (C=O) groups is 1. The highest BCUT2D eigenvalue weighted by molar-refractivity contribution is 5.73. The average Bonchev–Trinajstić information content (AvgIpc) is 2.86. The first kappa shape index (κ1) is 34.3. The fourth-order valence-corrected chi connectivity index (χ4v) is 4.33. The molecule has 10 atom stereocenters. The van der Waals surface area contributed by atoms with Crippen LogP contribution in [-0.2, 0) is 9.53 Å². The largest absolute Gasteiger partial charge is 0.458 e. The zero-order chi connectivity index (χ0) is 29.0.